The molecular formula is C44H38N6O5. The number of fused-ring (bicyclic) bond motifs is 2. The first-order valence-electron chi connectivity index (χ1n) is 18.3. The molecule has 5 heterocycles. The molecule has 0 bridgehead atoms. The molecule has 0 saturated carbocycles. The molecule has 2 aliphatic rings. The molecule has 3 N–H and O–H groups in total. The van der Waals surface area contributed by atoms with Crippen LogP contribution in [0.15, 0.2) is 96.1 Å². The second-order valence-corrected chi connectivity index (χ2v) is 14.0. The third kappa shape index (κ3) is 7.32. The zero-order chi connectivity index (χ0) is 38.1. The number of nitrogens with one attached hydrogen (secondary N) is 3. The van der Waals surface area contributed by atoms with Crippen LogP contribution in [0.5, 0.6) is 0 Å². The Bertz CT molecular complexity index is 2630. The van der Waals surface area contributed by atoms with E-state index in [1.807, 2.05) is 68.7 Å². The molecule has 0 spiro atoms. The number of piperidine rings is 1. The van der Waals surface area contributed by atoms with E-state index in [-0.39, 0.29) is 41.4 Å². The Kier molecular flexibility index (Phi) is 9.66. The third-order valence-electron chi connectivity index (χ3n) is 10.3. The lowest BCUT2D eigenvalue weighted by molar-refractivity contribution is -0.133. The number of anilines is 1. The van der Waals surface area contributed by atoms with Crippen molar-refractivity contribution >= 4 is 45.1 Å². The molecular weight excluding hydrogens is 693 g/mol. The van der Waals surface area contributed by atoms with Gasteiger partial charge >= 0.3 is 0 Å². The molecule has 2 aliphatic heterocycles. The summed E-state index contributed by atoms with van der Waals surface area (Å²) in [4.78, 5) is 58.6. The fourth-order valence-electron chi connectivity index (χ4n) is 7.32. The first-order valence-corrected chi connectivity index (χ1v) is 18.3. The molecule has 274 valence electrons. The van der Waals surface area contributed by atoms with Crippen LogP contribution >= 0.6 is 0 Å². The predicted octanol–water partition coefficient (Wildman–Crippen LogP) is 5.63. The van der Waals surface area contributed by atoms with Gasteiger partial charge in [0.1, 0.15) is 11.7 Å². The molecule has 2 fully saturated rings. The molecule has 8 rings (SSSR count). The highest BCUT2D eigenvalue weighted by Crippen LogP contribution is 2.38. The number of carbonyl (C=O) groups is 3. The number of aryl methyl sites for hydroxylation is 2. The lowest BCUT2D eigenvalue weighted by Crippen LogP contribution is -2.47. The molecule has 3 amide bonds. The molecule has 55 heavy (non-hydrogen) atoms. The maximum absolute atomic E-state index is 13.0. The minimum absolute atomic E-state index is 0.00522. The summed E-state index contributed by atoms with van der Waals surface area (Å²) in [5.74, 6) is 5.31. The maximum atomic E-state index is 13.0. The van der Waals surface area contributed by atoms with E-state index >= 15 is 0 Å². The minimum atomic E-state index is -0.486. The number of hydrogen-bond acceptors (Lipinski definition) is 8. The number of ether oxygens (including phenoxy) is 1. The van der Waals surface area contributed by atoms with Crippen molar-refractivity contribution in [1.82, 2.24) is 25.2 Å². The van der Waals surface area contributed by atoms with Crippen LogP contribution in [0.3, 0.4) is 0 Å². The van der Waals surface area contributed by atoms with Crippen LogP contribution in [0, 0.1) is 18.8 Å². The summed E-state index contributed by atoms with van der Waals surface area (Å²) in [6.45, 7) is 3.36. The number of pyridine rings is 3. The Morgan fingerprint density at radius 3 is 2.62 bits per heavy atom. The van der Waals surface area contributed by atoms with Crippen LogP contribution in [0.25, 0.3) is 44.1 Å². The van der Waals surface area contributed by atoms with E-state index in [4.69, 9.17) is 9.72 Å². The number of nitrogens with zero attached hydrogens (tertiary/aromatic N) is 3. The number of imide groups is 1. The molecule has 11 heteroatoms. The van der Waals surface area contributed by atoms with Gasteiger partial charge in [-0.1, -0.05) is 42.2 Å². The number of amides is 3. The number of benzene rings is 3. The predicted molar refractivity (Wildman–Crippen MR) is 212 cm³/mol. The van der Waals surface area contributed by atoms with Crippen molar-refractivity contribution in [2.75, 3.05) is 25.1 Å². The van der Waals surface area contributed by atoms with Gasteiger partial charge in [0.25, 0.3) is 11.5 Å². The first-order chi connectivity index (χ1) is 26.7. The highest BCUT2D eigenvalue weighted by molar-refractivity contribution is 6.06. The monoisotopic (exact) mass is 730 g/mol. The summed E-state index contributed by atoms with van der Waals surface area (Å²) in [6.07, 6.45) is 5.18. The topological polar surface area (TPSA) is 144 Å². The van der Waals surface area contributed by atoms with Crippen LogP contribution in [-0.2, 0) is 21.4 Å². The van der Waals surface area contributed by atoms with Gasteiger partial charge in [-0.15, -0.1) is 0 Å². The maximum Gasteiger partial charge on any atom is 0.270 e. The van der Waals surface area contributed by atoms with Crippen molar-refractivity contribution in [3.63, 3.8) is 0 Å². The van der Waals surface area contributed by atoms with E-state index in [1.165, 1.54) is 0 Å². The summed E-state index contributed by atoms with van der Waals surface area (Å²) in [7, 11) is 1.83. The summed E-state index contributed by atoms with van der Waals surface area (Å²) in [6, 6.07) is 24.9. The van der Waals surface area contributed by atoms with Gasteiger partial charge in [0.05, 0.1) is 24.4 Å². The Morgan fingerprint density at radius 1 is 0.945 bits per heavy atom. The largest absolute Gasteiger partial charge is 0.381 e. The van der Waals surface area contributed by atoms with E-state index in [2.05, 4.69) is 57.0 Å². The highest BCUT2D eigenvalue weighted by Gasteiger charge is 2.26. The van der Waals surface area contributed by atoms with Crippen LogP contribution < -0.4 is 21.5 Å². The van der Waals surface area contributed by atoms with Crippen molar-refractivity contribution in [1.29, 1.82) is 0 Å². The SMILES string of the molecule is Cc1cc2c(-c3cccc4cc(-c5ccc(C(=O)NCC#Cc6cccc(NC7CCC(=O)NC7=O)c6)nc5)ncc34)cc(C3CCOC3)cc2n(C)c1=O. The first kappa shape index (κ1) is 35.4. The van der Waals surface area contributed by atoms with Crippen molar-refractivity contribution in [3.05, 3.63) is 124 Å². The molecule has 11 nitrogen and oxygen atoms in total. The summed E-state index contributed by atoms with van der Waals surface area (Å²) < 4.78 is 7.47. The van der Waals surface area contributed by atoms with Crippen LogP contribution in [0.1, 0.15) is 52.4 Å². The van der Waals surface area contributed by atoms with Crippen LogP contribution in [0.4, 0.5) is 5.69 Å². The third-order valence-corrected chi connectivity index (χ3v) is 10.3. The van der Waals surface area contributed by atoms with Crippen LogP contribution in [-0.4, -0.2) is 58.1 Å². The lowest BCUT2D eigenvalue weighted by atomic mass is 9.89. The molecule has 3 aromatic heterocycles. The van der Waals surface area contributed by atoms with Gasteiger partial charge in [0.15, 0.2) is 0 Å². The van der Waals surface area contributed by atoms with Crippen LogP contribution in [0.2, 0.25) is 0 Å². The fraction of sp³-hybridized carbons (Fsp3) is 0.227. The number of hydrogen-bond donors (Lipinski definition) is 3. The smallest absolute Gasteiger partial charge is 0.270 e. The van der Waals surface area contributed by atoms with E-state index in [9.17, 15) is 19.2 Å². The molecule has 3 aromatic carbocycles. The Hall–Kier alpha value is -6.64. The summed E-state index contributed by atoms with van der Waals surface area (Å²) >= 11 is 0. The average molecular weight is 731 g/mol. The number of aromatic nitrogens is 3. The van der Waals surface area contributed by atoms with Crippen molar-refractivity contribution < 1.29 is 19.1 Å². The van der Waals surface area contributed by atoms with Gasteiger partial charge in [0.2, 0.25) is 11.8 Å². The Morgan fingerprint density at radius 2 is 1.82 bits per heavy atom. The van der Waals surface area contributed by atoms with Gasteiger partial charge in [0, 0.05) is 71.5 Å². The minimum Gasteiger partial charge on any atom is -0.381 e. The van der Waals surface area contributed by atoms with E-state index < -0.39 is 6.04 Å². The standard InChI is InChI=1S/C44H38N6O5/c1-26-18-35-34(20-31(30-15-17-55-25-30)22-40(35)50(2)44(26)54)33-10-4-8-28-21-39(47-24-36(28)33)29-11-12-37(46-23-29)42(52)45-16-5-7-27-6-3-9-32(19-27)48-38-13-14-41(51)49-43(38)53/h3-4,6,8-12,18-24,30,38,48H,13-17,25H2,1-2H3,(H,45,52)(H,49,51,53). The van der Waals surface area contributed by atoms with Gasteiger partial charge in [-0.2, -0.15) is 0 Å². The molecule has 2 atom stereocenters. The fourth-order valence-corrected chi connectivity index (χ4v) is 7.32. The average Bonchev–Trinajstić information content (AvgIpc) is 3.75. The molecule has 0 radical (unpaired) electrons. The molecule has 2 saturated heterocycles. The summed E-state index contributed by atoms with van der Waals surface area (Å²) in [5, 5.41) is 11.3. The normalized spacial score (nSPS) is 16.8. The van der Waals surface area contributed by atoms with E-state index in [0.29, 0.717) is 36.3 Å². The Balaban J connectivity index is 0.976. The van der Waals surface area contributed by atoms with Gasteiger partial charge in [-0.25, -0.2) is 0 Å². The molecule has 0 aliphatic carbocycles. The molecule has 6 aromatic rings. The lowest BCUT2D eigenvalue weighted by Gasteiger charge is -2.22. The number of carbonyl (C=O) groups excluding carboxylic acids is 3. The second-order valence-electron chi connectivity index (χ2n) is 14.0. The zero-order valence-electron chi connectivity index (χ0n) is 30.4. The van der Waals surface area contributed by atoms with E-state index in [1.54, 1.807) is 16.8 Å². The quantitative estimate of drug-likeness (QED) is 0.142. The second kappa shape index (κ2) is 15.0. The highest BCUT2D eigenvalue weighted by atomic mass is 16.5. The zero-order valence-corrected chi connectivity index (χ0v) is 30.4. The van der Waals surface area contributed by atoms with Crippen molar-refractivity contribution in [3.8, 4) is 34.2 Å². The van der Waals surface area contributed by atoms with Gasteiger partial charge < -0.3 is 19.9 Å². The molecule has 2 unspecified atom stereocenters. The van der Waals surface area contributed by atoms with Crippen molar-refractivity contribution in [2.24, 2.45) is 7.05 Å². The van der Waals surface area contributed by atoms with Crippen molar-refractivity contribution in [2.45, 2.75) is 38.1 Å². The number of rotatable bonds is 7. The summed E-state index contributed by atoms with van der Waals surface area (Å²) in [5.41, 5.74) is 8.01. The Labute approximate surface area is 317 Å². The van der Waals surface area contributed by atoms with Gasteiger partial charge in [-0.05, 0) is 90.4 Å². The van der Waals surface area contributed by atoms with Gasteiger partial charge in [-0.3, -0.25) is 34.5 Å². The van der Waals surface area contributed by atoms with E-state index in [0.717, 1.165) is 62.7 Å².